The predicted molar refractivity (Wildman–Crippen MR) is 84.8 cm³/mol. The van der Waals surface area contributed by atoms with Crippen LogP contribution in [0.4, 0.5) is 19.0 Å². The van der Waals surface area contributed by atoms with Gasteiger partial charge in [-0.15, -0.1) is 0 Å². The number of nitrogens with two attached hydrogens (primary N) is 1. The maximum atomic E-state index is 12.8. The Balaban J connectivity index is 2.15. The van der Waals surface area contributed by atoms with Gasteiger partial charge in [-0.05, 0) is 19.1 Å². The van der Waals surface area contributed by atoms with Crippen LogP contribution in [0.1, 0.15) is 24.9 Å². The maximum Gasteiger partial charge on any atom is 0.431 e. The third kappa shape index (κ3) is 2.98. The molecule has 1 atom stereocenters. The minimum atomic E-state index is -4.43. The van der Waals surface area contributed by atoms with Crippen LogP contribution in [-0.2, 0) is 0 Å². The molecule has 2 aromatic rings. The average Bonchev–Trinajstić information content (AvgIpc) is 2.96. The lowest BCUT2D eigenvalue weighted by atomic mass is 10.1. The Kier molecular flexibility index (Phi) is 3.93. The number of nitrogens with zero attached hydrogens (tertiary/aromatic N) is 3. The van der Waals surface area contributed by atoms with Gasteiger partial charge in [0, 0.05) is 30.0 Å². The summed E-state index contributed by atoms with van der Waals surface area (Å²) in [4.78, 5) is 4.43. The summed E-state index contributed by atoms with van der Waals surface area (Å²) < 4.78 is 38.4. The zero-order chi connectivity index (χ0) is 16.8. The highest BCUT2D eigenvalue weighted by atomic mass is 35.5. The van der Waals surface area contributed by atoms with Crippen molar-refractivity contribution in [3.8, 4) is 0 Å². The molecule has 1 aliphatic heterocycles. The highest BCUT2D eigenvalue weighted by Crippen LogP contribution is 2.33. The number of benzene rings is 1. The van der Waals surface area contributed by atoms with E-state index in [-0.39, 0.29) is 13.0 Å². The van der Waals surface area contributed by atoms with Gasteiger partial charge in [0.05, 0.1) is 10.5 Å². The summed E-state index contributed by atoms with van der Waals surface area (Å²) in [6, 6.07) is 6.70. The molecule has 0 aliphatic carbocycles. The molecule has 2 N–H and O–H groups in total. The Labute approximate surface area is 135 Å². The van der Waals surface area contributed by atoms with Gasteiger partial charge in [0.25, 0.3) is 0 Å². The molecule has 0 saturated heterocycles. The first-order valence-electron chi connectivity index (χ1n) is 7.04. The summed E-state index contributed by atoms with van der Waals surface area (Å²) in [6.07, 6.45) is -4.61. The molecule has 0 spiro atoms. The first-order valence-corrected chi connectivity index (χ1v) is 7.42. The third-order valence-corrected chi connectivity index (χ3v) is 3.97. The number of aromatic nitrogens is 1. The van der Waals surface area contributed by atoms with E-state index in [0.29, 0.717) is 21.9 Å². The lowest BCUT2D eigenvalue weighted by molar-refractivity contribution is -0.0598. The summed E-state index contributed by atoms with van der Waals surface area (Å²) in [5.41, 5.74) is 6.30. The van der Waals surface area contributed by atoms with Crippen LogP contribution in [0, 0.1) is 0 Å². The number of anilines is 1. The SMILES string of the molecule is C[C@H](N)c1cc2cccc(Cl)c2nc1N1CCC(C(F)(F)F)=N1. The summed E-state index contributed by atoms with van der Waals surface area (Å²) in [5.74, 6) is 0.319. The summed E-state index contributed by atoms with van der Waals surface area (Å²) in [5, 5.41) is 6.14. The van der Waals surface area contributed by atoms with E-state index in [1.807, 2.05) is 6.07 Å². The van der Waals surface area contributed by atoms with Crippen molar-refractivity contribution in [1.29, 1.82) is 0 Å². The topological polar surface area (TPSA) is 54.5 Å². The average molecular weight is 343 g/mol. The van der Waals surface area contributed by atoms with Gasteiger partial charge < -0.3 is 5.73 Å². The number of rotatable bonds is 2. The van der Waals surface area contributed by atoms with E-state index in [1.165, 1.54) is 5.01 Å². The number of pyridine rings is 1. The largest absolute Gasteiger partial charge is 0.431 e. The first-order chi connectivity index (χ1) is 10.8. The Morgan fingerprint density at radius 3 is 2.70 bits per heavy atom. The number of hydrogen-bond acceptors (Lipinski definition) is 4. The Hall–Kier alpha value is -1.86. The van der Waals surface area contributed by atoms with E-state index in [4.69, 9.17) is 17.3 Å². The van der Waals surface area contributed by atoms with Gasteiger partial charge in [0.2, 0.25) is 0 Å². The van der Waals surface area contributed by atoms with Crippen molar-refractivity contribution in [3.05, 3.63) is 34.9 Å². The van der Waals surface area contributed by atoms with Crippen LogP contribution < -0.4 is 10.7 Å². The molecule has 0 radical (unpaired) electrons. The lowest BCUT2D eigenvalue weighted by Gasteiger charge is -2.20. The van der Waals surface area contributed by atoms with E-state index < -0.39 is 17.9 Å². The fourth-order valence-electron chi connectivity index (χ4n) is 2.52. The van der Waals surface area contributed by atoms with Crippen LogP contribution in [0.25, 0.3) is 10.9 Å². The molecule has 1 aromatic heterocycles. The highest BCUT2D eigenvalue weighted by Gasteiger charge is 2.39. The zero-order valence-corrected chi connectivity index (χ0v) is 13.0. The highest BCUT2D eigenvalue weighted by molar-refractivity contribution is 6.35. The van der Waals surface area contributed by atoms with Crippen LogP contribution in [0.5, 0.6) is 0 Å². The predicted octanol–water partition coefficient (Wildman–Crippen LogP) is 4.04. The smallest absolute Gasteiger partial charge is 0.324 e. The zero-order valence-electron chi connectivity index (χ0n) is 12.2. The van der Waals surface area contributed by atoms with Crippen molar-refractivity contribution in [2.75, 3.05) is 11.6 Å². The molecule has 23 heavy (non-hydrogen) atoms. The summed E-state index contributed by atoms with van der Waals surface area (Å²) in [7, 11) is 0. The fourth-order valence-corrected chi connectivity index (χ4v) is 2.74. The van der Waals surface area contributed by atoms with Gasteiger partial charge in [-0.2, -0.15) is 18.3 Å². The number of hydrogen-bond donors (Lipinski definition) is 1. The van der Waals surface area contributed by atoms with Crippen LogP contribution in [0.15, 0.2) is 29.4 Å². The molecule has 3 rings (SSSR count). The van der Waals surface area contributed by atoms with Crippen LogP contribution in [-0.4, -0.2) is 23.4 Å². The van der Waals surface area contributed by atoms with Gasteiger partial charge in [-0.3, -0.25) is 0 Å². The van der Waals surface area contributed by atoms with E-state index in [2.05, 4.69) is 10.1 Å². The van der Waals surface area contributed by atoms with E-state index in [9.17, 15) is 13.2 Å². The molecule has 4 nitrogen and oxygen atoms in total. The number of hydrazone groups is 1. The quantitative estimate of drug-likeness (QED) is 0.896. The van der Waals surface area contributed by atoms with Gasteiger partial charge >= 0.3 is 6.18 Å². The lowest BCUT2D eigenvalue weighted by Crippen LogP contribution is -2.20. The van der Waals surface area contributed by atoms with Crippen molar-refractivity contribution in [3.63, 3.8) is 0 Å². The fraction of sp³-hybridized carbons (Fsp3) is 0.333. The van der Waals surface area contributed by atoms with E-state index in [0.717, 1.165) is 5.39 Å². The molecule has 8 heteroatoms. The molecule has 0 fully saturated rings. The van der Waals surface area contributed by atoms with Crippen LogP contribution in [0.2, 0.25) is 5.02 Å². The number of para-hydroxylation sites is 1. The summed E-state index contributed by atoms with van der Waals surface area (Å²) >= 11 is 6.14. The van der Waals surface area contributed by atoms with E-state index in [1.54, 1.807) is 25.1 Å². The minimum Gasteiger partial charge on any atom is -0.324 e. The molecule has 2 heterocycles. The molecular weight excluding hydrogens is 329 g/mol. The second-order valence-electron chi connectivity index (χ2n) is 5.42. The van der Waals surface area contributed by atoms with Gasteiger partial charge in [0.1, 0.15) is 5.71 Å². The van der Waals surface area contributed by atoms with Crippen molar-refractivity contribution >= 4 is 34.0 Å². The first kappa shape index (κ1) is 16.0. The maximum absolute atomic E-state index is 12.8. The molecular formula is C15H14ClF3N4. The minimum absolute atomic E-state index is 0.109. The van der Waals surface area contributed by atoms with Crippen LogP contribution >= 0.6 is 11.6 Å². The molecule has 1 aromatic carbocycles. The molecule has 0 saturated carbocycles. The Bertz CT molecular complexity index is 786. The molecule has 0 unspecified atom stereocenters. The number of alkyl halides is 3. The van der Waals surface area contributed by atoms with Crippen molar-refractivity contribution in [2.45, 2.75) is 25.6 Å². The van der Waals surface area contributed by atoms with Crippen molar-refractivity contribution < 1.29 is 13.2 Å². The third-order valence-electron chi connectivity index (χ3n) is 3.67. The Morgan fingerprint density at radius 2 is 2.09 bits per heavy atom. The molecule has 122 valence electrons. The second kappa shape index (κ2) is 5.65. The van der Waals surface area contributed by atoms with E-state index >= 15 is 0 Å². The normalized spacial score (nSPS) is 16.8. The van der Waals surface area contributed by atoms with Crippen molar-refractivity contribution in [1.82, 2.24) is 4.98 Å². The Morgan fingerprint density at radius 1 is 1.35 bits per heavy atom. The van der Waals surface area contributed by atoms with Gasteiger partial charge in [0.15, 0.2) is 5.82 Å². The molecule has 1 aliphatic rings. The molecule has 0 bridgehead atoms. The van der Waals surface area contributed by atoms with Crippen LogP contribution in [0.3, 0.4) is 0 Å². The molecule has 0 amide bonds. The number of fused-ring (bicyclic) bond motifs is 1. The standard InChI is InChI=1S/C15H14ClF3N4/c1-8(20)10-7-9-3-2-4-11(16)13(9)21-14(10)23-6-5-12(22-23)15(17,18)19/h2-4,7-8H,5-6,20H2,1H3/t8-/m0/s1. The van der Waals surface area contributed by atoms with Crippen molar-refractivity contribution in [2.24, 2.45) is 10.8 Å². The second-order valence-corrected chi connectivity index (χ2v) is 5.83. The summed E-state index contributed by atoms with van der Waals surface area (Å²) in [6.45, 7) is 1.86. The van der Waals surface area contributed by atoms with Gasteiger partial charge in [-0.1, -0.05) is 23.7 Å². The number of halogens is 4. The monoisotopic (exact) mass is 342 g/mol. The van der Waals surface area contributed by atoms with Gasteiger partial charge in [-0.25, -0.2) is 9.99 Å².